The van der Waals surface area contributed by atoms with Crippen LogP contribution in [0.1, 0.15) is 116 Å². The highest BCUT2D eigenvalue weighted by Gasteiger charge is 2.42. The van der Waals surface area contributed by atoms with E-state index in [2.05, 4.69) is 52.4 Å². The zero-order valence-corrected chi connectivity index (χ0v) is 54.9. The lowest BCUT2D eigenvalue weighted by Crippen LogP contribution is -2.74. The average molecular weight is 1280 g/mol. The number of fused-ring (bicyclic) bond motifs is 10. The molecule has 6 heteroatoms. The van der Waals surface area contributed by atoms with Crippen molar-refractivity contribution >= 4 is 61.7 Å². The standard InChI is InChI=1S/C90H76N4OSi/c1-88(2,3)63-45-43-60(44-46-63)79-54-65(90(7,8)9)55-81-76-40-22-20-38-74(76)73-37-19-21-39-75(73)80-52-62(61-27-25-36-72(51-61)96(69-30-13-10-14-31-69,70-32-15-11-16-33-70)71-34-17-12-18-35-71)53-84-87(80)93(86(79)81)59-92(84)66-28-26-29-67(57-66)95-68-47-48-78-77-41-23-24-42-82(77)94(83(78)58-68)85-56-64(49-50-91-85)89(4,5)6/h10-58H,1-9H3/i10D,11D,12D,13D,14D,15D,16D,17D,18D,19D,20D,21D,22D,25D,27D,30D,31D,32D,33D,34D,35D,36D,37D,38D,39D,40D,51D. The molecule has 0 atom stereocenters. The number of hydrogen-bond acceptors (Lipinski definition) is 2. The van der Waals surface area contributed by atoms with Crippen LogP contribution < -0.4 is 30.1 Å². The molecular weight excluding hydrogens is 1180 g/mol. The molecule has 16 rings (SSSR count). The maximum atomic E-state index is 11.2. The Morgan fingerprint density at radius 3 is 1.60 bits per heavy atom. The molecule has 0 saturated heterocycles. The summed E-state index contributed by atoms with van der Waals surface area (Å²) in [5.74, 6) is 1.23. The summed E-state index contributed by atoms with van der Waals surface area (Å²) in [5.41, 5.74) is 1.27. The largest absolute Gasteiger partial charge is 0.458 e. The first-order valence-corrected chi connectivity index (χ1v) is 33.4. The van der Waals surface area contributed by atoms with Crippen LogP contribution in [0.4, 0.5) is 0 Å². The summed E-state index contributed by atoms with van der Waals surface area (Å²) in [6, 6.07) is 10.1. The average Bonchev–Trinajstić information content (AvgIpc) is 1.66. The molecule has 0 bridgehead atoms. The molecule has 4 heterocycles. The van der Waals surface area contributed by atoms with Gasteiger partial charge in [0.2, 0.25) is 0 Å². The van der Waals surface area contributed by atoms with Crippen LogP contribution in [0, 0.1) is 6.33 Å². The van der Waals surface area contributed by atoms with Gasteiger partial charge in [0.15, 0.2) is 8.07 Å². The van der Waals surface area contributed by atoms with Gasteiger partial charge in [0.05, 0.1) is 70.5 Å². The molecule has 0 spiro atoms. The fourth-order valence-corrected chi connectivity index (χ4v) is 16.6. The van der Waals surface area contributed by atoms with Crippen molar-refractivity contribution in [3.63, 3.8) is 0 Å². The molecule has 0 saturated carbocycles. The molecule has 15 aromatic rings. The lowest BCUT2D eigenvalue weighted by atomic mass is 9.80. The Labute approximate surface area is 602 Å². The van der Waals surface area contributed by atoms with E-state index in [1.165, 1.54) is 16.7 Å². The maximum Gasteiger partial charge on any atom is 0.269 e. The van der Waals surface area contributed by atoms with Gasteiger partial charge in [-0.1, -0.05) is 292 Å². The van der Waals surface area contributed by atoms with Crippen LogP contribution in [0.15, 0.2) is 297 Å². The van der Waals surface area contributed by atoms with E-state index in [0.29, 0.717) is 28.3 Å². The molecule has 5 nitrogen and oxygen atoms in total. The second-order valence-electron chi connectivity index (χ2n) is 26.9. The van der Waals surface area contributed by atoms with Gasteiger partial charge in [-0.15, -0.1) is 0 Å². The van der Waals surface area contributed by atoms with Crippen LogP contribution in [0.2, 0.25) is 0 Å². The van der Waals surface area contributed by atoms with Crippen molar-refractivity contribution in [2.75, 3.05) is 0 Å². The van der Waals surface area contributed by atoms with Crippen molar-refractivity contribution < 1.29 is 46.3 Å². The summed E-state index contributed by atoms with van der Waals surface area (Å²) in [5, 5.41) is -2.53. The first kappa shape index (κ1) is 37.2. The zero-order chi connectivity index (χ0) is 89.2. The molecule has 0 N–H and O–H groups in total. The Bertz CT molecular complexity index is 6950. The van der Waals surface area contributed by atoms with Crippen molar-refractivity contribution in [3.05, 3.63) is 320 Å². The summed E-state index contributed by atoms with van der Waals surface area (Å²) < 4.78 is 276. The Morgan fingerprint density at radius 2 is 0.969 bits per heavy atom. The van der Waals surface area contributed by atoms with E-state index in [-0.39, 0.29) is 55.7 Å². The van der Waals surface area contributed by atoms with Crippen molar-refractivity contribution in [2.24, 2.45) is 0 Å². The number of hydrogen-bond donors (Lipinski definition) is 0. The molecule has 0 aliphatic carbocycles. The van der Waals surface area contributed by atoms with E-state index in [1.807, 2.05) is 106 Å². The molecule has 0 amide bonds. The second kappa shape index (κ2) is 23.2. The van der Waals surface area contributed by atoms with Crippen molar-refractivity contribution in [1.82, 2.24) is 14.1 Å². The lowest BCUT2D eigenvalue weighted by Gasteiger charge is -2.34. The number of ether oxygens (including phenoxy) is 1. The number of pyridine rings is 1. The number of imidazole rings is 1. The molecule has 0 unspecified atom stereocenters. The summed E-state index contributed by atoms with van der Waals surface area (Å²) >= 11 is 0. The normalized spacial score (nSPS) is 16.4. The quantitative estimate of drug-likeness (QED) is 0.0592. The Hall–Kier alpha value is -10.9. The van der Waals surface area contributed by atoms with Crippen LogP contribution in [-0.2, 0) is 16.2 Å². The van der Waals surface area contributed by atoms with Gasteiger partial charge in [0.25, 0.3) is 6.33 Å². The number of nitrogens with zero attached hydrogens (tertiary/aromatic N) is 4. The Balaban J connectivity index is 1.12. The van der Waals surface area contributed by atoms with Gasteiger partial charge in [-0.3, -0.25) is 13.7 Å². The smallest absolute Gasteiger partial charge is 0.269 e. The molecule has 0 radical (unpaired) electrons. The predicted molar refractivity (Wildman–Crippen MR) is 403 cm³/mol. The highest BCUT2D eigenvalue weighted by atomic mass is 28.3. The molecule has 466 valence electrons. The topological polar surface area (TPSA) is 35.9 Å². The first-order chi connectivity index (χ1) is 57.7. The molecule has 12 aromatic carbocycles. The lowest BCUT2D eigenvalue weighted by molar-refractivity contribution is -0.570. The summed E-state index contributed by atoms with van der Waals surface area (Å²) in [4.78, 5) is 4.89. The number of para-hydroxylation sites is 1. The van der Waals surface area contributed by atoms with Crippen LogP contribution in [0.3, 0.4) is 0 Å². The molecule has 3 aromatic heterocycles. The minimum atomic E-state index is -6.51. The van der Waals surface area contributed by atoms with Gasteiger partial charge in [-0.25, -0.2) is 4.98 Å². The van der Waals surface area contributed by atoms with E-state index >= 15 is 0 Å². The first-order valence-electron chi connectivity index (χ1n) is 44.9. The van der Waals surface area contributed by atoms with Gasteiger partial charge in [-0.2, -0.15) is 0 Å². The predicted octanol–water partition coefficient (Wildman–Crippen LogP) is 19.9. The van der Waals surface area contributed by atoms with E-state index in [0.717, 1.165) is 32.9 Å². The van der Waals surface area contributed by atoms with Crippen LogP contribution >= 0.6 is 0 Å². The van der Waals surface area contributed by atoms with Crippen molar-refractivity contribution in [2.45, 2.75) is 78.6 Å². The molecule has 96 heavy (non-hydrogen) atoms. The van der Waals surface area contributed by atoms with Crippen molar-refractivity contribution in [1.29, 1.82) is 0 Å². The van der Waals surface area contributed by atoms with Crippen LogP contribution in [0.25, 0.3) is 106 Å². The minimum Gasteiger partial charge on any atom is -0.458 e. The molecule has 0 fully saturated rings. The fraction of sp³-hybridized carbons (Fsp3) is 0.133. The number of rotatable bonds is 10. The van der Waals surface area contributed by atoms with Gasteiger partial charge in [0.1, 0.15) is 17.3 Å². The third kappa shape index (κ3) is 10.3. The molecular formula is C90H76N4OSi. The van der Waals surface area contributed by atoms with E-state index in [1.54, 1.807) is 41.1 Å². The van der Waals surface area contributed by atoms with Crippen LogP contribution in [0.5, 0.6) is 11.5 Å². The molecule has 1 aliphatic rings. The minimum absolute atomic E-state index is 0.0123. The Kier molecular flexibility index (Phi) is 9.01. The molecule has 1 aliphatic heterocycles. The highest BCUT2D eigenvalue weighted by molar-refractivity contribution is 7.20. The fourth-order valence-electron chi connectivity index (χ4n) is 13.0. The monoisotopic (exact) mass is 1280 g/mol. The number of aromatic nitrogens is 4. The summed E-state index contributed by atoms with van der Waals surface area (Å²) in [6.45, 7) is 18.4. The third-order valence-electron chi connectivity index (χ3n) is 17.9. The van der Waals surface area contributed by atoms with E-state index < -0.39 is 225 Å². The maximum absolute atomic E-state index is 11.2. The SMILES string of the molecule is [2H]c1c([2H])c([2H])c([Si](c2c([2H])c([2H])c([2H])c([2H])c2[2H])(c2c([2H])c([2H])c([2H])c([2H])c2[2H])c2c([2H])c([2H])c([2H])c(-c3cc4c5c(c3)n(-c3cccc(Oc6ccc7c8ccccc8n(-c8cc(C(C)(C)C)ccn8)c7c6)c3)[c-][n+]5-c3c(-c5ccc(C(C)(C)C)cc5)cc(C(C)(C)C)cc3-c3c([2H])c([2H])c([2H])c([2H])c3-c3c([2H])c([2H])c([2H])c([2H])c3-4)c2[2H])c([2H])c1[2H]. The zero-order valence-electron chi connectivity index (χ0n) is 80.9. The summed E-state index contributed by atoms with van der Waals surface area (Å²) in [6.07, 6.45) is 5.39. The van der Waals surface area contributed by atoms with Gasteiger partial charge < -0.3 is 4.74 Å². The summed E-state index contributed by atoms with van der Waals surface area (Å²) in [7, 11) is -6.51. The van der Waals surface area contributed by atoms with Gasteiger partial charge in [-0.05, 0) is 164 Å². The highest BCUT2D eigenvalue weighted by Crippen LogP contribution is 2.48. The Morgan fingerprint density at radius 1 is 0.406 bits per heavy atom. The third-order valence-corrected chi connectivity index (χ3v) is 21.9. The van der Waals surface area contributed by atoms with Crippen LogP contribution in [-0.4, -0.2) is 22.2 Å². The second-order valence-corrected chi connectivity index (χ2v) is 30.4. The van der Waals surface area contributed by atoms with Crippen molar-refractivity contribution in [3.8, 4) is 84.3 Å². The van der Waals surface area contributed by atoms with Gasteiger partial charge >= 0.3 is 0 Å². The van der Waals surface area contributed by atoms with E-state index in [9.17, 15) is 32.9 Å². The van der Waals surface area contributed by atoms with E-state index in [4.69, 9.17) is 13.8 Å². The number of benzene rings is 12. The van der Waals surface area contributed by atoms with Gasteiger partial charge in [0, 0.05) is 23.0 Å².